The van der Waals surface area contributed by atoms with E-state index in [1.165, 1.54) is 33.1 Å². The number of benzene rings is 7. The van der Waals surface area contributed by atoms with Gasteiger partial charge in [0.15, 0.2) is 0 Å². The van der Waals surface area contributed by atoms with E-state index in [9.17, 15) is 29.7 Å². The molecular formula is C60H56N4O6. The maximum absolute atomic E-state index is 14.5. The van der Waals surface area contributed by atoms with E-state index in [0.29, 0.717) is 90.8 Å². The molecule has 2 aliphatic rings. The summed E-state index contributed by atoms with van der Waals surface area (Å²) in [5.41, 5.74) is 5.51. The molecule has 0 bridgehead atoms. The van der Waals surface area contributed by atoms with E-state index in [0.717, 1.165) is 49.7 Å². The Labute approximate surface area is 408 Å². The van der Waals surface area contributed by atoms with Crippen molar-refractivity contribution in [3.63, 3.8) is 0 Å². The molecule has 7 aromatic carbocycles. The van der Waals surface area contributed by atoms with E-state index in [-0.39, 0.29) is 35.3 Å². The highest BCUT2D eigenvalue weighted by Crippen LogP contribution is 2.48. The zero-order valence-electron chi connectivity index (χ0n) is 40.7. The number of imide groups is 2. The lowest BCUT2D eigenvalue weighted by Gasteiger charge is -2.31. The predicted octanol–water partition coefficient (Wildman–Crippen LogP) is 13.4. The van der Waals surface area contributed by atoms with Crippen molar-refractivity contribution in [1.29, 1.82) is 10.5 Å². The van der Waals surface area contributed by atoms with Gasteiger partial charge in [0.25, 0.3) is 23.6 Å². The van der Waals surface area contributed by atoms with Crippen LogP contribution in [0.15, 0.2) is 108 Å². The fourth-order valence-electron chi connectivity index (χ4n) is 10.1. The van der Waals surface area contributed by atoms with Crippen LogP contribution in [0.5, 0.6) is 11.5 Å². The summed E-state index contributed by atoms with van der Waals surface area (Å²) in [6, 6.07) is 29.3. The van der Waals surface area contributed by atoms with Crippen molar-refractivity contribution in [2.24, 2.45) is 11.8 Å². The largest absolute Gasteiger partial charge is 0.494 e. The molecule has 70 heavy (non-hydrogen) atoms. The van der Waals surface area contributed by atoms with Gasteiger partial charge in [-0.05, 0) is 148 Å². The van der Waals surface area contributed by atoms with Gasteiger partial charge >= 0.3 is 0 Å². The lowest BCUT2D eigenvalue weighted by Crippen LogP contribution is -2.40. The Kier molecular flexibility index (Phi) is 13.3. The first-order valence-corrected chi connectivity index (χ1v) is 24.3. The van der Waals surface area contributed by atoms with Gasteiger partial charge in [0.05, 0.1) is 60.7 Å². The van der Waals surface area contributed by atoms with Gasteiger partial charge in [-0.1, -0.05) is 73.5 Å². The fourth-order valence-corrected chi connectivity index (χ4v) is 10.1. The highest BCUT2D eigenvalue weighted by molar-refractivity contribution is 6.42. The molecule has 0 fully saturated rings. The second kappa shape index (κ2) is 19.7. The van der Waals surface area contributed by atoms with Gasteiger partial charge in [-0.15, -0.1) is 0 Å². The highest BCUT2D eigenvalue weighted by atomic mass is 16.5. The smallest absolute Gasteiger partial charge is 0.261 e. The van der Waals surface area contributed by atoms with Gasteiger partial charge in [-0.3, -0.25) is 29.0 Å². The van der Waals surface area contributed by atoms with Gasteiger partial charge in [-0.2, -0.15) is 10.5 Å². The first-order chi connectivity index (χ1) is 33.8. The average Bonchev–Trinajstić information content (AvgIpc) is 3.35. The van der Waals surface area contributed by atoms with Crippen molar-refractivity contribution < 1.29 is 28.7 Å². The van der Waals surface area contributed by atoms with Crippen molar-refractivity contribution in [3.8, 4) is 23.6 Å². The van der Waals surface area contributed by atoms with Crippen LogP contribution in [0.1, 0.15) is 144 Å². The van der Waals surface area contributed by atoms with Crippen molar-refractivity contribution >= 4 is 66.7 Å². The maximum atomic E-state index is 14.5. The standard InChI is InChI=1S/C60H56N4O6/c1-35(2)9-7-11-37(5)25-27-69-43-17-13-39(14-18-43)33-63-57(65)47-23-21-45-52-42(32-62)30-50-54-48(24-22-46(56(52)54)51-41(31-61)29-49(59(63)67)53(47)55(45)51)58(66)64(60(50)68)34-40-15-19-44(20-16-40)70-28-26-38(6)12-8-10-36(3)4/h9-10,13-24,29-30,37-38H,7-8,11-12,25-28,33-34H2,1-6H3/t37-,38-/m0/s1. The van der Waals surface area contributed by atoms with E-state index < -0.39 is 23.6 Å². The van der Waals surface area contributed by atoms with Gasteiger partial charge in [-0.25, -0.2) is 0 Å². The van der Waals surface area contributed by atoms with Crippen LogP contribution in [0.4, 0.5) is 0 Å². The predicted molar refractivity (Wildman–Crippen MR) is 274 cm³/mol. The fraction of sp³-hybridized carbons (Fsp3) is 0.300. The lowest BCUT2D eigenvalue weighted by molar-refractivity contribution is 0.0583. The van der Waals surface area contributed by atoms with Crippen molar-refractivity contribution in [2.75, 3.05) is 13.2 Å². The number of fused-ring (bicyclic) bond motifs is 2. The Morgan fingerprint density at radius 1 is 0.500 bits per heavy atom. The number of nitrogens with zero attached hydrogens (tertiary/aromatic N) is 4. The SMILES string of the molecule is CC(C)=CCC[C@H](C)CCOc1ccc(CN2C(=O)c3ccc4c5c(C#N)cc6c7c(ccc(c8c(C#N)cc(c3c48)C2=O)c75)C(=O)N(Cc2ccc(OCC[C@@H](C)CCC=C(C)C)cc2)C6=O)cc1. The Morgan fingerprint density at radius 2 is 0.871 bits per heavy atom. The zero-order valence-corrected chi connectivity index (χ0v) is 40.7. The number of carbonyl (C=O) groups is 4. The van der Waals surface area contributed by atoms with E-state index >= 15 is 0 Å². The van der Waals surface area contributed by atoms with Crippen molar-refractivity contribution in [2.45, 2.75) is 93.2 Å². The monoisotopic (exact) mass is 928 g/mol. The topological polar surface area (TPSA) is 141 Å². The third-order valence-electron chi connectivity index (χ3n) is 14.0. The Hall–Kier alpha value is -7.82. The minimum absolute atomic E-state index is 0.00764. The van der Waals surface area contributed by atoms with Crippen LogP contribution >= 0.6 is 0 Å². The summed E-state index contributed by atoms with van der Waals surface area (Å²) in [4.78, 5) is 60.2. The molecule has 7 aromatic rings. The molecular weight excluding hydrogens is 873 g/mol. The van der Waals surface area contributed by atoms with Gasteiger partial charge in [0.1, 0.15) is 11.5 Å². The number of ether oxygens (including phenoxy) is 2. The summed E-state index contributed by atoms with van der Waals surface area (Å²) in [5, 5.41) is 25.4. The highest BCUT2D eigenvalue weighted by Gasteiger charge is 2.38. The molecule has 0 N–H and O–H groups in total. The summed E-state index contributed by atoms with van der Waals surface area (Å²) in [6.07, 6.45) is 10.7. The van der Waals surface area contributed by atoms with Crippen LogP contribution in [0.2, 0.25) is 0 Å². The first-order valence-electron chi connectivity index (χ1n) is 24.3. The van der Waals surface area contributed by atoms with Gasteiger partial charge < -0.3 is 9.47 Å². The maximum Gasteiger partial charge on any atom is 0.261 e. The summed E-state index contributed by atoms with van der Waals surface area (Å²) in [7, 11) is 0. The van der Waals surface area contributed by atoms with E-state index in [1.54, 1.807) is 24.3 Å². The molecule has 0 saturated heterocycles. The van der Waals surface area contributed by atoms with Crippen molar-refractivity contribution in [3.05, 3.63) is 153 Å². The summed E-state index contributed by atoms with van der Waals surface area (Å²) in [6.45, 7) is 14.1. The number of carbonyl (C=O) groups excluding carboxylic acids is 4. The number of hydrogen-bond acceptors (Lipinski definition) is 8. The van der Waals surface area contributed by atoms with Crippen LogP contribution in [0, 0.1) is 34.5 Å². The molecule has 2 atom stereocenters. The molecule has 0 saturated carbocycles. The molecule has 2 heterocycles. The molecule has 0 aromatic heterocycles. The third kappa shape index (κ3) is 8.87. The molecule has 2 aliphatic heterocycles. The van der Waals surface area contributed by atoms with Crippen LogP contribution in [0.3, 0.4) is 0 Å². The number of amides is 4. The van der Waals surface area contributed by atoms with Gasteiger partial charge in [0, 0.05) is 43.4 Å². The second-order valence-corrected chi connectivity index (χ2v) is 19.6. The Morgan fingerprint density at radius 3 is 1.23 bits per heavy atom. The molecule has 0 spiro atoms. The number of allylic oxidation sites excluding steroid dienone is 4. The molecule has 10 nitrogen and oxygen atoms in total. The minimum Gasteiger partial charge on any atom is -0.494 e. The summed E-state index contributed by atoms with van der Waals surface area (Å²) in [5.74, 6) is 0.429. The molecule has 0 aliphatic carbocycles. The van der Waals surface area contributed by atoms with Crippen molar-refractivity contribution in [1.82, 2.24) is 9.80 Å². The molecule has 4 amide bonds. The Balaban J connectivity index is 0.991. The van der Waals surface area contributed by atoms with Crippen LogP contribution in [-0.2, 0) is 13.1 Å². The first kappa shape index (κ1) is 47.3. The quantitative estimate of drug-likeness (QED) is 0.0358. The second-order valence-electron chi connectivity index (χ2n) is 19.6. The number of rotatable bonds is 18. The van der Waals surface area contributed by atoms with Crippen LogP contribution in [0.25, 0.3) is 43.1 Å². The van der Waals surface area contributed by atoms with E-state index in [4.69, 9.17) is 9.47 Å². The molecule has 0 radical (unpaired) electrons. The third-order valence-corrected chi connectivity index (χ3v) is 14.0. The minimum atomic E-state index is -0.536. The summed E-state index contributed by atoms with van der Waals surface area (Å²) < 4.78 is 12.1. The van der Waals surface area contributed by atoms with E-state index in [1.807, 2.05) is 48.5 Å². The summed E-state index contributed by atoms with van der Waals surface area (Å²) >= 11 is 0. The molecule has 0 unspecified atom stereocenters. The molecule has 352 valence electrons. The number of nitriles is 2. The molecule has 10 heteroatoms. The normalized spacial score (nSPS) is 14.1. The molecule has 9 rings (SSSR count). The average molecular weight is 929 g/mol. The lowest BCUT2D eigenvalue weighted by atomic mass is 9.79. The zero-order chi connectivity index (χ0) is 49.4. The van der Waals surface area contributed by atoms with E-state index in [2.05, 4.69) is 65.8 Å². The number of hydrogen-bond donors (Lipinski definition) is 0. The van der Waals surface area contributed by atoms with Crippen LogP contribution < -0.4 is 9.47 Å². The van der Waals surface area contributed by atoms with Crippen LogP contribution in [-0.4, -0.2) is 46.6 Å². The van der Waals surface area contributed by atoms with Gasteiger partial charge in [0.2, 0.25) is 0 Å². The Bertz CT molecular complexity index is 3170.